The van der Waals surface area contributed by atoms with Gasteiger partial charge in [0, 0.05) is 25.2 Å². The summed E-state index contributed by atoms with van der Waals surface area (Å²) in [5.74, 6) is 0.748. The minimum Gasteiger partial charge on any atom is -0.370 e. The first-order valence-corrected chi connectivity index (χ1v) is 7.12. The van der Waals surface area contributed by atoms with Crippen LogP contribution in [0.5, 0.6) is 0 Å². The van der Waals surface area contributed by atoms with Crippen molar-refractivity contribution in [3.63, 3.8) is 0 Å². The number of nitro benzene ring substituents is 1. The van der Waals surface area contributed by atoms with Gasteiger partial charge in [-0.3, -0.25) is 10.1 Å². The number of rotatable bonds is 3. The van der Waals surface area contributed by atoms with E-state index in [2.05, 4.69) is 11.8 Å². The van der Waals surface area contributed by atoms with Gasteiger partial charge in [-0.05, 0) is 30.7 Å². The van der Waals surface area contributed by atoms with Gasteiger partial charge < -0.3 is 4.90 Å². The van der Waals surface area contributed by atoms with Crippen LogP contribution in [0.1, 0.15) is 32.3 Å². The molecule has 1 heterocycles. The summed E-state index contributed by atoms with van der Waals surface area (Å²) in [5.41, 5.74) is 2.03. The van der Waals surface area contributed by atoms with Crippen LogP contribution in [0.2, 0.25) is 5.02 Å². The Kier molecular flexibility index (Phi) is 4.30. The second kappa shape index (κ2) is 5.78. The zero-order valence-electron chi connectivity index (χ0n) is 11.4. The largest absolute Gasteiger partial charge is 0.370 e. The Morgan fingerprint density at radius 2 is 2.05 bits per heavy atom. The van der Waals surface area contributed by atoms with Crippen molar-refractivity contribution in [3.05, 3.63) is 32.8 Å². The number of nitrogens with zero attached hydrogens (tertiary/aromatic N) is 2. The second-order valence-corrected chi connectivity index (χ2v) is 5.62. The minimum atomic E-state index is -0.382. The van der Waals surface area contributed by atoms with Crippen molar-refractivity contribution < 1.29 is 4.92 Å². The summed E-state index contributed by atoms with van der Waals surface area (Å²) >= 11 is 6.28. The van der Waals surface area contributed by atoms with E-state index in [9.17, 15) is 10.1 Å². The number of non-ortho nitro benzene ring substituents is 1. The lowest BCUT2D eigenvalue weighted by Crippen LogP contribution is -2.33. The van der Waals surface area contributed by atoms with Crippen molar-refractivity contribution in [2.45, 2.75) is 33.1 Å². The van der Waals surface area contributed by atoms with Crippen molar-refractivity contribution in [2.24, 2.45) is 5.92 Å². The molecule has 1 aromatic carbocycles. The van der Waals surface area contributed by atoms with Crippen molar-refractivity contribution in [1.82, 2.24) is 0 Å². The van der Waals surface area contributed by atoms with Crippen LogP contribution in [0.25, 0.3) is 0 Å². The van der Waals surface area contributed by atoms with Gasteiger partial charge >= 0.3 is 0 Å². The molecule has 2 rings (SSSR count). The van der Waals surface area contributed by atoms with E-state index in [1.165, 1.54) is 6.07 Å². The lowest BCUT2D eigenvalue weighted by atomic mass is 9.97. The average Bonchev–Trinajstić information content (AvgIpc) is 2.39. The molecule has 0 bridgehead atoms. The van der Waals surface area contributed by atoms with Gasteiger partial charge in [0.15, 0.2) is 0 Å². The van der Waals surface area contributed by atoms with Gasteiger partial charge in [0.25, 0.3) is 5.69 Å². The highest BCUT2D eigenvalue weighted by Gasteiger charge is 2.22. The van der Waals surface area contributed by atoms with Gasteiger partial charge in [0.2, 0.25) is 0 Å². The molecule has 0 amide bonds. The smallest absolute Gasteiger partial charge is 0.271 e. The highest BCUT2D eigenvalue weighted by Crippen LogP contribution is 2.36. The van der Waals surface area contributed by atoms with Crippen LogP contribution in [-0.2, 0) is 6.42 Å². The maximum absolute atomic E-state index is 10.9. The second-order valence-electron chi connectivity index (χ2n) is 5.22. The molecule has 0 N–H and O–H groups in total. The van der Waals surface area contributed by atoms with E-state index in [0.29, 0.717) is 5.02 Å². The number of halogens is 1. The summed E-state index contributed by atoms with van der Waals surface area (Å²) in [5, 5.41) is 11.4. The van der Waals surface area contributed by atoms with Gasteiger partial charge in [-0.15, -0.1) is 0 Å². The molecule has 0 radical (unpaired) electrons. The fraction of sp³-hybridized carbons (Fsp3) is 0.571. The van der Waals surface area contributed by atoms with Crippen molar-refractivity contribution in [3.8, 4) is 0 Å². The highest BCUT2D eigenvalue weighted by atomic mass is 35.5. The zero-order chi connectivity index (χ0) is 14.0. The van der Waals surface area contributed by atoms with Gasteiger partial charge in [-0.25, -0.2) is 0 Å². The molecule has 5 heteroatoms. The Morgan fingerprint density at radius 1 is 1.42 bits per heavy atom. The third-order valence-electron chi connectivity index (χ3n) is 3.82. The van der Waals surface area contributed by atoms with Gasteiger partial charge in [0.1, 0.15) is 0 Å². The monoisotopic (exact) mass is 282 g/mol. The standard InChI is InChI=1S/C14H19ClN2O2/c1-3-11-8-12(17(18)19)9-13(15)14(11)16-6-4-10(2)5-7-16/h8-10H,3-7H2,1-2H3. The molecule has 104 valence electrons. The quantitative estimate of drug-likeness (QED) is 0.621. The molecule has 1 aromatic rings. The summed E-state index contributed by atoms with van der Waals surface area (Å²) in [6, 6.07) is 3.12. The molecule has 1 fully saturated rings. The average molecular weight is 283 g/mol. The van der Waals surface area contributed by atoms with E-state index in [1.807, 2.05) is 6.92 Å². The Hall–Kier alpha value is -1.29. The molecule has 19 heavy (non-hydrogen) atoms. The molecule has 0 spiro atoms. The summed E-state index contributed by atoms with van der Waals surface area (Å²) in [7, 11) is 0. The van der Waals surface area contributed by atoms with E-state index in [1.54, 1.807) is 6.07 Å². The number of hydrogen-bond acceptors (Lipinski definition) is 3. The first-order valence-electron chi connectivity index (χ1n) is 6.74. The molecule has 0 aliphatic carbocycles. The summed E-state index contributed by atoms with van der Waals surface area (Å²) in [4.78, 5) is 12.8. The number of hydrogen-bond donors (Lipinski definition) is 0. The van der Waals surface area contributed by atoms with E-state index < -0.39 is 0 Å². The van der Waals surface area contributed by atoms with Crippen LogP contribution in [0, 0.1) is 16.0 Å². The Bertz CT molecular complexity index is 483. The highest BCUT2D eigenvalue weighted by molar-refractivity contribution is 6.33. The third kappa shape index (κ3) is 3.00. The Balaban J connectivity index is 2.36. The molecule has 0 saturated carbocycles. The predicted octanol–water partition coefficient (Wildman–Crippen LogP) is 4.05. The molecule has 1 aliphatic heterocycles. The molecule has 0 aromatic heterocycles. The van der Waals surface area contributed by atoms with Crippen LogP contribution < -0.4 is 4.90 Å². The molecular formula is C14H19ClN2O2. The van der Waals surface area contributed by atoms with Gasteiger partial charge in [-0.1, -0.05) is 25.4 Å². The summed E-state index contributed by atoms with van der Waals surface area (Å²) < 4.78 is 0. The van der Waals surface area contributed by atoms with E-state index >= 15 is 0 Å². The fourth-order valence-electron chi connectivity index (χ4n) is 2.60. The Labute approximate surface area is 118 Å². The maximum Gasteiger partial charge on any atom is 0.271 e. The lowest BCUT2D eigenvalue weighted by molar-refractivity contribution is -0.384. The number of benzene rings is 1. The van der Waals surface area contributed by atoms with Crippen LogP contribution in [0.15, 0.2) is 12.1 Å². The molecule has 1 aliphatic rings. The van der Waals surface area contributed by atoms with Crippen LogP contribution in [-0.4, -0.2) is 18.0 Å². The Morgan fingerprint density at radius 3 is 2.58 bits per heavy atom. The zero-order valence-corrected chi connectivity index (χ0v) is 12.1. The SMILES string of the molecule is CCc1cc([N+](=O)[O-])cc(Cl)c1N1CCC(C)CC1. The number of nitro groups is 1. The maximum atomic E-state index is 10.9. The molecule has 0 atom stereocenters. The third-order valence-corrected chi connectivity index (χ3v) is 4.11. The van der Waals surface area contributed by atoms with Crippen molar-refractivity contribution in [1.29, 1.82) is 0 Å². The fourth-order valence-corrected chi connectivity index (χ4v) is 2.95. The van der Waals surface area contributed by atoms with E-state index in [0.717, 1.165) is 49.5 Å². The number of piperidine rings is 1. The number of aryl methyl sites for hydroxylation is 1. The van der Waals surface area contributed by atoms with E-state index in [4.69, 9.17) is 11.6 Å². The van der Waals surface area contributed by atoms with Gasteiger partial charge in [0.05, 0.1) is 15.6 Å². The predicted molar refractivity (Wildman–Crippen MR) is 78.1 cm³/mol. The van der Waals surface area contributed by atoms with Crippen LogP contribution >= 0.6 is 11.6 Å². The number of anilines is 1. The molecule has 0 unspecified atom stereocenters. The van der Waals surface area contributed by atoms with Crippen molar-refractivity contribution in [2.75, 3.05) is 18.0 Å². The van der Waals surface area contributed by atoms with E-state index in [-0.39, 0.29) is 10.6 Å². The molecule has 4 nitrogen and oxygen atoms in total. The first kappa shape index (κ1) is 14.1. The topological polar surface area (TPSA) is 46.4 Å². The van der Waals surface area contributed by atoms with Crippen molar-refractivity contribution >= 4 is 23.0 Å². The minimum absolute atomic E-state index is 0.0796. The van der Waals surface area contributed by atoms with Crippen LogP contribution in [0.3, 0.4) is 0 Å². The first-order chi connectivity index (χ1) is 9.02. The molecular weight excluding hydrogens is 264 g/mol. The van der Waals surface area contributed by atoms with Gasteiger partial charge in [-0.2, -0.15) is 0 Å². The summed E-state index contributed by atoms with van der Waals surface area (Å²) in [6.07, 6.45) is 3.05. The molecule has 1 saturated heterocycles. The lowest BCUT2D eigenvalue weighted by Gasteiger charge is -2.34. The normalized spacial score (nSPS) is 16.7. The summed E-state index contributed by atoms with van der Waals surface area (Å²) in [6.45, 7) is 6.22. The van der Waals surface area contributed by atoms with Crippen LogP contribution in [0.4, 0.5) is 11.4 Å².